The van der Waals surface area contributed by atoms with E-state index in [1.807, 2.05) is 6.92 Å². The number of rotatable bonds is 8. The van der Waals surface area contributed by atoms with E-state index in [2.05, 4.69) is 43.9 Å². The van der Waals surface area contributed by atoms with Crippen LogP contribution in [0.1, 0.15) is 41.5 Å². The van der Waals surface area contributed by atoms with Gasteiger partial charge in [-0.1, -0.05) is 32.8 Å². The van der Waals surface area contributed by atoms with Crippen LogP contribution in [0.4, 0.5) is 0 Å². The number of nitrogens with zero attached hydrogens (tertiary/aromatic N) is 3. The molecule has 2 unspecified atom stereocenters. The van der Waals surface area contributed by atoms with Gasteiger partial charge in [-0.25, -0.2) is 0 Å². The third kappa shape index (κ3) is 7.18. The second-order valence-electron chi connectivity index (χ2n) is 8.41. The molecule has 0 aromatic heterocycles. The molecule has 1 saturated heterocycles. The summed E-state index contributed by atoms with van der Waals surface area (Å²) >= 11 is 1.43. The SMILES string of the molecule is CCS[C@@H]1OC(CO[Si](C)(C)C(C)(C)C)[C@@H](OC(C)=O)[C@H](OC(C)=O)C1N=[N+]=[N-]. The monoisotopic (exact) mass is 447 g/mol. The Morgan fingerprint density at radius 3 is 2.17 bits per heavy atom. The number of ether oxygens (including phenoxy) is 3. The van der Waals surface area contributed by atoms with Gasteiger partial charge in [-0.05, 0) is 29.4 Å². The Kier molecular flexibility index (Phi) is 9.48. The normalized spacial score (nSPS) is 27.7. The lowest BCUT2D eigenvalue weighted by Crippen LogP contribution is -2.60. The number of hydrogen-bond acceptors (Lipinski definition) is 8. The molecule has 5 atom stereocenters. The molecule has 1 heterocycles. The van der Waals surface area contributed by atoms with Crippen molar-refractivity contribution >= 4 is 32.0 Å². The van der Waals surface area contributed by atoms with Gasteiger partial charge >= 0.3 is 11.9 Å². The third-order valence-electron chi connectivity index (χ3n) is 5.15. The molecule has 0 spiro atoms. The zero-order chi connectivity index (χ0) is 22.4. The van der Waals surface area contributed by atoms with Gasteiger partial charge in [0, 0.05) is 18.8 Å². The van der Waals surface area contributed by atoms with Crippen LogP contribution in [0.25, 0.3) is 10.4 Å². The highest BCUT2D eigenvalue weighted by Crippen LogP contribution is 2.38. The zero-order valence-electron chi connectivity index (χ0n) is 18.5. The van der Waals surface area contributed by atoms with Crippen molar-refractivity contribution in [3.05, 3.63) is 10.4 Å². The molecule has 0 radical (unpaired) electrons. The van der Waals surface area contributed by atoms with Gasteiger partial charge in [0.2, 0.25) is 0 Å². The summed E-state index contributed by atoms with van der Waals surface area (Å²) in [7, 11) is -2.10. The van der Waals surface area contributed by atoms with E-state index in [-0.39, 0.29) is 11.6 Å². The first-order valence-corrected chi connectivity index (χ1v) is 13.6. The maximum atomic E-state index is 11.8. The van der Waals surface area contributed by atoms with Crippen LogP contribution in [0.3, 0.4) is 0 Å². The van der Waals surface area contributed by atoms with Crippen molar-refractivity contribution in [1.82, 2.24) is 0 Å². The summed E-state index contributed by atoms with van der Waals surface area (Å²) in [5.41, 5.74) is 8.46. The van der Waals surface area contributed by atoms with E-state index in [1.54, 1.807) is 0 Å². The Morgan fingerprint density at radius 2 is 1.72 bits per heavy atom. The number of thioether (sulfide) groups is 1. The molecule has 0 aromatic carbocycles. The maximum Gasteiger partial charge on any atom is 0.303 e. The summed E-state index contributed by atoms with van der Waals surface area (Å²) in [4.78, 5) is 26.4. The van der Waals surface area contributed by atoms with Crippen molar-refractivity contribution in [3.8, 4) is 0 Å². The van der Waals surface area contributed by atoms with E-state index >= 15 is 0 Å². The molecule has 9 nitrogen and oxygen atoms in total. The molecule has 166 valence electrons. The minimum Gasteiger partial charge on any atom is -0.458 e. The number of esters is 2. The van der Waals surface area contributed by atoms with Crippen molar-refractivity contribution in [3.63, 3.8) is 0 Å². The summed E-state index contributed by atoms with van der Waals surface area (Å²) in [6.45, 7) is 15.3. The van der Waals surface area contributed by atoms with Crippen LogP contribution in [0.5, 0.6) is 0 Å². The maximum absolute atomic E-state index is 11.8. The Balaban J connectivity index is 3.26. The van der Waals surface area contributed by atoms with Crippen molar-refractivity contribution in [2.24, 2.45) is 5.11 Å². The molecule has 11 heteroatoms. The van der Waals surface area contributed by atoms with Crippen LogP contribution in [-0.4, -0.2) is 62.4 Å². The largest absolute Gasteiger partial charge is 0.458 e. The van der Waals surface area contributed by atoms with Crippen LogP contribution in [-0.2, 0) is 28.2 Å². The Hall–Kier alpha value is -1.26. The number of carbonyl (C=O) groups is 2. The van der Waals surface area contributed by atoms with Gasteiger partial charge in [0.25, 0.3) is 0 Å². The summed E-state index contributed by atoms with van der Waals surface area (Å²) in [6.07, 6.45) is -2.56. The highest BCUT2D eigenvalue weighted by molar-refractivity contribution is 7.99. The smallest absolute Gasteiger partial charge is 0.303 e. The first-order valence-electron chi connectivity index (χ1n) is 9.63. The fraction of sp³-hybridized carbons (Fsp3) is 0.889. The molecule has 1 aliphatic heterocycles. The predicted molar refractivity (Wildman–Crippen MR) is 114 cm³/mol. The molecule has 1 rings (SSSR count). The van der Waals surface area contributed by atoms with Crippen LogP contribution in [0.15, 0.2) is 5.11 Å². The Labute approximate surface area is 177 Å². The molecule has 0 amide bonds. The molecule has 0 bridgehead atoms. The van der Waals surface area contributed by atoms with Crippen molar-refractivity contribution in [2.75, 3.05) is 12.4 Å². The average molecular weight is 448 g/mol. The lowest BCUT2D eigenvalue weighted by atomic mass is 9.98. The molecule has 0 N–H and O–H groups in total. The van der Waals surface area contributed by atoms with Gasteiger partial charge in [-0.15, -0.1) is 11.8 Å². The minimum atomic E-state index is -2.10. The highest BCUT2D eigenvalue weighted by atomic mass is 32.2. The van der Waals surface area contributed by atoms with Crippen LogP contribution in [0, 0.1) is 0 Å². The second-order valence-corrected chi connectivity index (χ2v) is 14.6. The standard InChI is InChI=1S/C18H33N3O6SSi/c1-9-28-17-14(20-21-19)16(26-12(3)23)15(25-11(2)22)13(27-17)10-24-29(7,8)18(4,5)6/h13-17H,9-10H2,1-8H3/t13?,14?,15-,16-,17+/m1/s1. The van der Waals surface area contributed by atoms with Gasteiger partial charge in [-0.2, -0.15) is 0 Å². The average Bonchev–Trinajstić information content (AvgIpc) is 2.57. The van der Waals surface area contributed by atoms with Crippen LogP contribution in [0.2, 0.25) is 18.1 Å². The van der Waals surface area contributed by atoms with E-state index in [4.69, 9.17) is 24.2 Å². The van der Waals surface area contributed by atoms with Crippen molar-refractivity contribution in [1.29, 1.82) is 0 Å². The third-order valence-corrected chi connectivity index (χ3v) is 10.7. The highest BCUT2D eigenvalue weighted by Gasteiger charge is 2.50. The summed E-state index contributed by atoms with van der Waals surface area (Å²) in [5, 5.41) is 3.78. The first kappa shape index (κ1) is 25.8. The zero-order valence-corrected chi connectivity index (χ0v) is 20.3. The van der Waals surface area contributed by atoms with E-state index in [1.165, 1.54) is 25.6 Å². The quantitative estimate of drug-likeness (QED) is 0.181. The van der Waals surface area contributed by atoms with Gasteiger partial charge in [-0.3, -0.25) is 9.59 Å². The molecular weight excluding hydrogens is 414 g/mol. The number of carbonyl (C=O) groups excluding carboxylic acids is 2. The van der Waals surface area contributed by atoms with E-state index in [9.17, 15) is 9.59 Å². The molecule has 1 fully saturated rings. The predicted octanol–water partition coefficient (Wildman–Crippen LogP) is 4.03. The Morgan fingerprint density at radius 1 is 1.17 bits per heavy atom. The molecule has 0 aliphatic carbocycles. The summed E-state index contributed by atoms with van der Waals surface area (Å²) in [5.74, 6) is -0.408. The topological polar surface area (TPSA) is 120 Å². The van der Waals surface area contributed by atoms with Gasteiger partial charge in [0.15, 0.2) is 20.5 Å². The number of azide groups is 1. The first-order chi connectivity index (χ1) is 13.3. The van der Waals surface area contributed by atoms with Gasteiger partial charge in [0.1, 0.15) is 17.6 Å². The molecule has 1 aliphatic rings. The molecule has 0 aromatic rings. The lowest BCUT2D eigenvalue weighted by Gasteiger charge is -2.45. The molecule has 0 saturated carbocycles. The van der Waals surface area contributed by atoms with Gasteiger partial charge < -0.3 is 18.6 Å². The molecule has 29 heavy (non-hydrogen) atoms. The summed E-state index contributed by atoms with van der Waals surface area (Å²) < 4.78 is 23.4. The van der Waals surface area contributed by atoms with Crippen molar-refractivity contribution in [2.45, 2.75) is 89.5 Å². The second kappa shape index (κ2) is 10.7. The van der Waals surface area contributed by atoms with E-state index in [0.29, 0.717) is 5.75 Å². The number of hydrogen-bond donors (Lipinski definition) is 0. The lowest BCUT2D eigenvalue weighted by molar-refractivity contribution is -0.205. The molecular formula is C18H33N3O6SSi. The van der Waals surface area contributed by atoms with Gasteiger partial charge in [0.05, 0.1) is 6.61 Å². The van der Waals surface area contributed by atoms with Crippen LogP contribution < -0.4 is 0 Å². The van der Waals surface area contributed by atoms with E-state index in [0.717, 1.165) is 0 Å². The summed E-state index contributed by atoms with van der Waals surface area (Å²) in [6, 6.07) is -0.831. The van der Waals surface area contributed by atoms with Crippen molar-refractivity contribution < 1.29 is 28.2 Å². The van der Waals surface area contributed by atoms with Crippen LogP contribution >= 0.6 is 11.8 Å². The minimum absolute atomic E-state index is 0.0148. The fourth-order valence-corrected chi connectivity index (χ4v) is 4.65. The fourth-order valence-electron chi connectivity index (χ4n) is 2.68. The van der Waals surface area contributed by atoms with E-state index < -0.39 is 50.0 Å². The Bertz CT molecular complexity index is 636.